The van der Waals surface area contributed by atoms with Crippen LogP contribution in [0.3, 0.4) is 0 Å². The summed E-state index contributed by atoms with van der Waals surface area (Å²) in [4.78, 5) is 0. The van der Waals surface area contributed by atoms with E-state index in [9.17, 15) is 0 Å². The van der Waals surface area contributed by atoms with Crippen LogP contribution in [0.1, 0.15) is 0 Å². The zero-order valence-corrected chi connectivity index (χ0v) is 5.50. The first kappa shape index (κ1) is 17.8. The Morgan fingerprint density at radius 2 is 1.25 bits per heavy atom. The van der Waals surface area contributed by atoms with Crippen molar-refractivity contribution in [3.05, 3.63) is 0 Å². The second-order valence-corrected chi connectivity index (χ2v) is 0. The first-order valence-electron chi connectivity index (χ1n) is 0.447. The van der Waals surface area contributed by atoms with E-state index in [4.69, 9.17) is 5.11 Å². The van der Waals surface area contributed by atoms with E-state index in [1.54, 1.807) is 0 Å². The Labute approximate surface area is 61.8 Å². The molecule has 0 saturated heterocycles. The van der Waals surface area contributed by atoms with Gasteiger partial charge < -0.3 is 17.5 Å². The van der Waals surface area contributed by atoms with Crippen LogP contribution >= 0.6 is 0 Å². The van der Waals surface area contributed by atoms with Gasteiger partial charge in [-0.25, -0.2) is 0 Å². The molecular weight excluding hydrogens is 104 g/mol. The van der Waals surface area contributed by atoms with Crippen LogP contribution in [0, 0.1) is 0 Å². The molecule has 0 spiro atoms. The first-order valence-corrected chi connectivity index (χ1v) is 0.447. The third-order valence-electron chi connectivity index (χ3n) is 0. The molecule has 0 aromatic heterocycles. The number of halogens is 1. The monoisotopic (exact) mass is 107 g/mol. The van der Waals surface area contributed by atoms with E-state index < -0.39 is 0 Å². The third kappa shape index (κ3) is 9.70. The van der Waals surface area contributed by atoms with Gasteiger partial charge in [-0.2, -0.15) is 0 Å². The quantitative estimate of drug-likeness (QED) is 0.315. The van der Waals surface area contributed by atoms with Gasteiger partial charge in [0.15, 0.2) is 0 Å². The number of hydrogen-bond donors (Lipinski definition) is 1. The van der Waals surface area contributed by atoms with Crippen molar-refractivity contribution in [2.45, 2.75) is 0 Å². The molecule has 0 aliphatic rings. The van der Waals surface area contributed by atoms with E-state index in [2.05, 4.69) is 0 Å². The molecule has 0 aliphatic heterocycles. The van der Waals surface area contributed by atoms with Crippen LogP contribution in [-0.4, -0.2) is 50.0 Å². The van der Waals surface area contributed by atoms with Crippen molar-refractivity contribution in [2.75, 3.05) is 7.11 Å². The van der Waals surface area contributed by atoms with Crippen molar-refractivity contribution >= 4 is 37.7 Å². The van der Waals surface area contributed by atoms with Crippen LogP contribution in [-0.2, 0) is 0 Å². The third-order valence-corrected chi connectivity index (χ3v) is 0. The molecule has 0 unspecified atom stereocenters. The summed E-state index contributed by atoms with van der Waals surface area (Å²) in [6, 6.07) is 0. The fraction of sp³-hybridized carbons (Fsp3) is 1.00. The Balaban J connectivity index is -0.00000000500. The van der Waals surface area contributed by atoms with Crippen molar-refractivity contribution in [1.29, 1.82) is 0 Å². The van der Waals surface area contributed by atoms with Crippen molar-refractivity contribution in [3.8, 4) is 0 Å². The fourth-order valence-electron chi connectivity index (χ4n) is 0. The Kier molecular flexibility index (Phi) is 108. The molecule has 1 N–H and O–H groups in total. The molecule has 0 fully saturated rings. The molecule has 22 valence electrons. The summed E-state index contributed by atoms with van der Waals surface area (Å²) in [6.07, 6.45) is 0. The number of aliphatic hydroxyl groups excluding tert-OH is 1. The molecule has 0 atom stereocenters. The molecule has 3 heteroatoms. The summed E-state index contributed by atoms with van der Waals surface area (Å²) < 4.78 is 0. The molecule has 0 aromatic carbocycles. The van der Waals surface area contributed by atoms with Gasteiger partial charge >= 0.3 is 37.7 Å². The predicted molar refractivity (Wildman–Crippen MR) is 13.9 cm³/mol. The minimum absolute atomic E-state index is 0. The van der Waals surface area contributed by atoms with Gasteiger partial charge in [-0.15, -0.1) is 0 Å². The van der Waals surface area contributed by atoms with E-state index in [1.807, 2.05) is 0 Å². The predicted octanol–water partition coefficient (Wildman–Crippen LogP) is -3.77. The van der Waals surface area contributed by atoms with E-state index >= 15 is 0 Å². The second kappa shape index (κ2) is 24.4. The van der Waals surface area contributed by atoms with Crippen LogP contribution in [0.5, 0.6) is 0 Å². The summed E-state index contributed by atoms with van der Waals surface area (Å²) in [5, 5.41) is 7.00. The zero-order valence-electron chi connectivity index (χ0n) is 2.53. The fourth-order valence-corrected chi connectivity index (χ4v) is 0. The van der Waals surface area contributed by atoms with Gasteiger partial charge in [0.1, 0.15) is 0 Å². The van der Waals surface area contributed by atoms with Crippen LogP contribution < -0.4 is 12.4 Å². The van der Waals surface area contributed by atoms with Crippen LogP contribution in [0.15, 0.2) is 0 Å². The largest absolute Gasteiger partial charge is 2.00 e. The first-order chi connectivity index (χ1) is 1.00. The van der Waals surface area contributed by atoms with E-state index in [0.29, 0.717) is 0 Å². The summed E-state index contributed by atoms with van der Waals surface area (Å²) in [5.41, 5.74) is 0. The standard InChI is InChI=1S/CH4O.Ca.ClH/c1-2;;/h2H,1H3;;1H/q;+2;/p-1. The summed E-state index contributed by atoms with van der Waals surface area (Å²) in [5.74, 6) is 0. The zero-order chi connectivity index (χ0) is 2.00. The normalized spacial score (nSPS) is 1.50. The van der Waals surface area contributed by atoms with Crippen molar-refractivity contribution < 1.29 is 17.5 Å². The molecule has 4 heavy (non-hydrogen) atoms. The number of rotatable bonds is 0. The second-order valence-electron chi connectivity index (χ2n) is 0. The molecule has 0 rings (SSSR count). The minimum atomic E-state index is 0. The summed E-state index contributed by atoms with van der Waals surface area (Å²) in [6.45, 7) is 0. The topological polar surface area (TPSA) is 20.2 Å². The maximum absolute atomic E-state index is 7.00. The smallest absolute Gasteiger partial charge is 1.00 e. The average molecular weight is 108 g/mol. The van der Waals surface area contributed by atoms with Crippen molar-refractivity contribution in [1.82, 2.24) is 0 Å². The maximum atomic E-state index is 7.00. The Morgan fingerprint density at radius 1 is 1.25 bits per heavy atom. The van der Waals surface area contributed by atoms with Crippen molar-refractivity contribution in [2.24, 2.45) is 0 Å². The van der Waals surface area contributed by atoms with Gasteiger partial charge in [0.25, 0.3) is 0 Å². The van der Waals surface area contributed by atoms with Gasteiger partial charge in [0.2, 0.25) is 0 Å². The molecule has 0 amide bonds. The SMILES string of the molecule is CO.[Ca+2].[Cl-]. The molecule has 0 aliphatic carbocycles. The van der Waals surface area contributed by atoms with E-state index in [-0.39, 0.29) is 50.1 Å². The molecular formula is CH4CaClO+. The summed E-state index contributed by atoms with van der Waals surface area (Å²) >= 11 is 0. The van der Waals surface area contributed by atoms with Crippen LogP contribution in [0.4, 0.5) is 0 Å². The molecule has 1 nitrogen and oxygen atoms in total. The number of aliphatic hydroxyl groups is 1. The molecule has 0 bridgehead atoms. The summed E-state index contributed by atoms with van der Waals surface area (Å²) in [7, 11) is 1.00. The molecule has 0 aromatic rings. The Morgan fingerprint density at radius 3 is 1.25 bits per heavy atom. The van der Waals surface area contributed by atoms with Gasteiger partial charge in [-0.05, 0) is 0 Å². The average Bonchev–Trinajstić information content (AvgIpc) is 1.00. The Hall–Kier alpha value is 1.51. The maximum Gasteiger partial charge on any atom is 2.00 e. The van der Waals surface area contributed by atoms with Gasteiger partial charge in [0, 0.05) is 7.11 Å². The van der Waals surface area contributed by atoms with E-state index in [0.717, 1.165) is 7.11 Å². The molecule has 0 heterocycles. The Bertz CT molecular complexity index is 8.00. The van der Waals surface area contributed by atoms with Gasteiger partial charge in [-0.1, -0.05) is 0 Å². The number of hydrogen-bond acceptors (Lipinski definition) is 1. The molecule has 0 radical (unpaired) electrons. The van der Waals surface area contributed by atoms with Crippen LogP contribution in [0.2, 0.25) is 0 Å². The molecule has 0 saturated carbocycles. The van der Waals surface area contributed by atoms with Crippen LogP contribution in [0.25, 0.3) is 0 Å². The van der Waals surface area contributed by atoms with E-state index in [1.165, 1.54) is 0 Å². The van der Waals surface area contributed by atoms with Gasteiger partial charge in [-0.3, -0.25) is 0 Å². The van der Waals surface area contributed by atoms with Gasteiger partial charge in [0.05, 0.1) is 0 Å². The minimum Gasteiger partial charge on any atom is -1.00 e. The van der Waals surface area contributed by atoms with Crippen molar-refractivity contribution in [3.63, 3.8) is 0 Å².